The van der Waals surface area contributed by atoms with Gasteiger partial charge in [0.2, 0.25) is 0 Å². The van der Waals surface area contributed by atoms with Gasteiger partial charge in [0.05, 0.1) is 12.1 Å². The molecular weight excluding hydrogens is 294 g/mol. The number of fused-ring (bicyclic) bond motifs is 1. The largest absolute Gasteiger partial charge is 0.460 e. The van der Waals surface area contributed by atoms with E-state index >= 15 is 0 Å². The maximum atomic E-state index is 11.7. The summed E-state index contributed by atoms with van der Waals surface area (Å²) in [6.07, 6.45) is 1.04. The van der Waals surface area contributed by atoms with Crippen molar-refractivity contribution >= 4 is 5.97 Å². The number of hydrogen-bond acceptors (Lipinski definition) is 5. The van der Waals surface area contributed by atoms with Gasteiger partial charge < -0.3 is 14.3 Å². The average molecular weight is 313 g/mol. The first-order chi connectivity index (χ1) is 11.2. The number of carbonyl (C=O) groups excluding carboxylic acids is 1. The van der Waals surface area contributed by atoms with E-state index in [0.29, 0.717) is 18.1 Å². The number of ether oxygens (including phenoxy) is 1. The van der Waals surface area contributed by atoms with E-state index in [9.17, 15) is 9.90 Å². The van der Waals surface area contributed by atoms with Gasteiger partial charge in [0.1, 0.15) is 18.1 Å². The Balaban J connectivity index is 1.50. The summed E-state index contributed by atoms with van der Waals surface area (Å²) >= 11 is 0. The Morgan fingerprint density at radius 2 is 2.17 bits per heavy atom. The molecule has 0 unspecified atom stereocenters. The highest BCUT2D eigenvalue weighted by molar-refractivity contribution is 5.94. The molecule has 0 saturated carbocycles. The molecule has 23 heavy (non-hydrogen) atoms. The number of hydrogen-bond donors (Lipinski definition) is 1. The van der Waals surface area contributed by atoms with Crippen LogP contribution < -0.4 is 0 Å². The molecule has 1 N–H and O–H groups in total. The molecule has 1 aromatic heterocycles. The smallest absolute Gasteiger partial charge is 0.338 e. The SMILES string of the molecule is O=C1OCc2ccc(-c3ccc(CN4CC[C@@H](CO)C4)o3)cc21. The summed E-state index contributed by atoms with van der Waals surface area (Å²) in [6.45, 7) is 3.27. The van der Waals surface area contributed by atoms with Crippen molar-refractivity contribution in [3.05, 3.63) is 47.2 Å². The first-order valence-electron chi connectivity index (χ1n) is 7.95. The molecule has 5 heteroatoms. The van der Waals surface area contributed by atoms with E-state index in [0.717, 1.165) is 48.7 Å². The molecule has 0 aliphatic carbocycles. The number of likely N-dealkylation sites (tertiary alicyclic amines) is 1. The molecule has 4 rings (SSSR count). The molecule has 0 spiro atoms. The van der Waals surface area contributed by atoms with Gasteiger partial charge in [-0.2, -0.15) is 0 Å². The lowest BCUT2D eigenvalue weighted by atomic mass is 10.0. The fourth-order valence-corrected chi connectivity index (χ4v) is 3.31. The minimum absolute atomic E-state index is 0.255. The van der Waals surface area contributed by atoms with E-state index in [2.05, 4.69) is 4.90 Å². The molecule has 5 nitrogen and oxygen atoms in total. The molecule has 1 fully saturated rings. The normalized spacial score (nSPS) is 20.7. The number of aliphatic hydroxyl groups is 1. The number of rotatable bonds is 4. The van der Waals surface area contributed by atoms with E-state index in [1.54, 1.807) is 0 Å². The summed E-state index contributed by atoms with van der Waals surface area (Å²) in [5.74, 6) is 1.79. The van der Waals surface area contributed by atoms with Crippen molar-refractivity contribution in [2.75, 3.05) is 19.7 Å². The lowest BCUT2D eigenvalue weighted by Gasteiger charge is -2.13. The summed E-state index contributed by atoms with van der Waals surface area (Å²) < 4.78 is 11.0. The Morgan fingerprint density at radius 3 is 3.00 bits per heavy atom. The fourth-order valence-electron chi connectivity index (χ4n) is 3.31. The van der Waals surface area contributed by atoms with Crippen LogP contribution in [0.1, 0.15) is 28.1 Å². The van der Waals surface area contributed by atoms with Crippen LogP contribution in [0.5, 0.6) is 0 Å². The van der Waals surface area contributed by atoms with Crippen LogP contribution in [0.3, 0.4) is 0 Å². The predicted molar refractivity (Wildman–Crippen MR) is 83.7 cm³/mol. The Hall–Kier alpha value is -2.11. The summed E-state index contributed by atoms with van der Waals surface area (Å²) in [4.78, 5) is 14.0. The lowest BCUT2D eigenvalue weighted by Crippen LogP contribution is -2.20. The van der Waals surface area contributed by atoms with E-state index in [-0.39, 0.29) is 12.6 Å². The minimum Gasteiger partial charge on any atom is -0.460 e. The van der Waals surface area contributed by atoms with Crippen molar-refractivity contribution in [2.45, 2.75) is 19.6 Å². The molecule has 2 aliphatic rings. The van der Waals surface area contributed by atoms with Gasteiger partial charge in [-0.25, -0.2) is 4.79 Å². The van der Waals surface area contributed by atoms with Crippen molar-refractivity contribution in [1.82, 2.24) is 4.90 Å². The summed E-state index contributed by atoms with van der Waals surface area (Å²) in [6, 6.07) is 9.64. The molecule has 2 aromatic rings. The van der Waals surface area contributed by atoms with Gasteiger partial charge in [-0.05, 0) is 37.1 Å². The molecule has 3 heterocycles. The van der Waals surface area contributed by atoms with Crippen LogP contribution in [0, 0.1) is 5.92 Å². The van der Waals surface area contributed by atoms with E-state index in [1.165, 1.54) is 0 Å². The van der Waals surface area contributed by atoms with Crippen LogP contribution in [-0.2, 0) is 17.9 Å². The van der Waals surface area contributed by atoms with E-state index < -0.39 is 0 Å². The van der Waals surface area contributed by atoms with E-state index in [1.807, 2.05) is 30.3 Å². The number of carbonyl (C=O) groups is 1. The molecule has 0 amide bonds. The van der Waals surface area contributed by atoms with Gasteiger partial charge in [0.15, 0.2) is 0 Å². The Bertz CT molecular complexity index is 736. The molecule has 1 atom stereocenters. The van der Waals surface area contributed by atoms with Gasteiger partial charge >= 0.3 is 5.97 Å². The third-order valence-corrected chi connectivity index (χ3v) is 4.64. The van der Waals surface area contributed by atoms with Crippen LogP contribution in [-0.4, -0.2) is 35.7 Å². The van der Waals surface area contributed by atoms with Crippen LogP contribution in [0.4, 0.5) is 0 Å². The summed E-state index contributed by atoms with van der Waals surface area (Å²) in [5.41, 5.74) is 2.45. The zero-order chi connectivity index (χ0) is 15.8. The highest BCUT2D eigenvalue weighted by Gasteiger charge is 2.24. The second-order valence-corrected chi connectivity index (χ2v) is 6.29. The molecular formula is C18H19NO4. The molecule has 0 bridgehead atoms. The van der Waals surface area contributed by atoms with Gasteiger partial charge in [0.25, 0.3) is 0 Å². The van der Waals surface area contributed by atoms with E-state index in [4.69, 9.17) is 9.15 Å². The van der Waals surface area contributed by atoms with Crippen LogP contribution in [0.25, 0.3) is 11.3 Å². The first kappa shape index (κ1) is 14.5. The molecule has 120 valence electrons. The maximum absolute atomic E-state index is 11.7. The standard InChI is InChI=1S/C18H19NO4/c20-10-12-5-6-19(8-12)9-15-3-4-17(23-15)13-1-2-14-11-22-18(21)16(14)7-13/h1-4,7,12,20H,5-6,8-11H2/t12-/m1/s1. The Labute approximate surface area is 134 Å². The quantitative estimate of drug-likeness (QED) is 0.878. The van der Waals surface area contributed by atoms with Gasteiger partial charge in [-0.15, -0.1) is 0 Å². The first-order valence-corrected chi connectivity index (χ1v) is 7.95. The maximum Gasteiger partial charge on any atom is 0.338 e. The summed E-state index contributed by atoms with van der Waals surface area (Å²) in [5, 5.41) is 9.21. The number of aliphatic hydroxyl groups excluding tert-OH is 1. The number of esters is 1. The zero-order valence-corrected chi connectivity index (χ0v) is 12.8. The average Bonchev–Trinajstić information content (AvgIpc) is 3.29. The van der Waals surface area contributed by atoms with Crippen LogP contribution in [0.2, 0.25) is 0 Å². The molecule has 2 aliphatic heterocycles. The van der Waals surface area contributed by atoms with Crippen molar-refractivity contribution in [3.63, 3.8) is 0 Å². The minimum atomic E-state index is -0.263. The Morgan fingerprint density at radius 1 is 1.26 bits per heavy atom. The fraction of sp³-hybridized carbons (Fsp3) is 0.389. The zero-order valence-electron chi connectivity index (χ0n) is 12.8. The second-order valence-electron chi connectivity index (χ2n) is 6.29. The topological polar surface area (TPSA) is 62.9 Å². The van der Waals surface area contributed by atoms with Crippen molar-refractivity contribution < 1.29 is 19.1 Å². The monoisotopic (exact) mass is 313 g/mol. The molecule has 1 saturated heterocycles. The molecule has 1 aromatic carbocycles. The van der Waals surface area contributed by atoms with Crippen LogP contribution in [0.15, 0.2) is 34.7 Å². The van der Waals surface area contributed by atoms with Crippen molar-refractivity contribution in [3.8, 4) is 11.3 Å². The molecule has 0 radical (unpaired) electrons. The number of nitrogens with zero attached hydrogens (tertiary/aromatic N) is 1. The Kier molecular flexibility index (Phi) is 3.67. The second kappa shape index (κ2) is 5.83. The predicted octanol–water partition coefficient (Wildman–Crippen LogP) is 2.43. The van der Waals surface area contributed by atoms with Gasteiger partial charge in [0, 0.05) is 24.3 Å². The highest BCUT2D eigenvalue weighted by atomic mass is 16.5. The lowest BCUT2D eigenvalue weighted by molar-refractivity contribution is 0.0535. The number of furan rings is 1. The van der Waals surface area contributed by atoms with Crippen molar-refractivity contribution in [2.24, 2.45) is 5.92 Å². The van der Waals surface area contributed by atoms with Gasteiger partial charge in [-0.3, -0.25) is 4.90 Å². The van der Waals surface area contributed by atoms with Gasteiger partial charge in [-0.1, -0.05) is 12.1 Å². The number of benzene rings is 1. The third-order valence-electron chi connectivity index (χ3n) is 4.64. The third kappa shape index (κ3) is 2.78. The van der Waals surface area contributed by atoms with Crippen LogP contribution >= 0.6 is 0 Å². The number of cyclic esters (lactones) is 1. The summed E-state index contributed by atoms with van der Waals surface area (Å²) in [7, 11) is 0. The van der Waals surface area contributed by atoms with Crippen molar-refractivity contribution in [1.29, 1.82) is 0 Å². The highest BCUT2D eigenvalue weighted by Crippen LogP contribution is 2.29.